The second-order valence-electron chi connectivity index (χ2n) is 8.41. The van der Waals surface area contributed by atoms with Crippen molar-refractivity contribution in [2.45, 2.75) is 38.1 Å². The molecule has 0 unspecified atom stereocenters. The molecule has 4 heterocycles. The summed E-state index contributed by atoms with van der Waals surface area (Å²) in [5.41, 5.74) is 1.20. The topological polar surface area (TPSA) is 61.4 Å². The average molecular weight is 523 g/mol. The highest BCUT2D eigenvalue weighted by atomic mass is 35.5. The van der Waals surface area contributed by atoms with E-state index < -0.39 is 0 Å². The molecule has 1 saturated heterocycles. The third-order valence-corrected chi connectivity index (χ3v) is 8.94. The molecule has 5 rings (SSSR count). The van der Waals surface area contributed by atoms with Gasteiger partial charge in [0.05, 0.1) is 15.5 Å². The fourth-order valence-electron chi connectivity index (χ4n) is 4.63. The van der Waals surface area contributed by atoms with Crippen LogP contribution in [0.3, 0.4) is 0 Å². The number of carbonyl (C=O) groups is 1. The van der Waals surface area contributed by atoms with Crippen molar-refractivity contribution in [3.8, 4) is 10.6 Å². The Balaban J connectivity index is 1.36. The van der Waals surface area contributed by atoms with Gasteiger partial charge in [-0.25, -0.2) is 9.97 Å². The number of pyridine rings is 1. The zero-order valence-corrected chi connectivity index (χ0v) is 21.2. The van der Waals surface area contributed by atoms with E-state index in [-0.39, 0.29) is 11.1 Å². The molecule has 1 N–H and O–H groups in total. The van der Waals surface area contributed by atoms with Crippen LogP contribution < -0.4 is 10.2 Å². The highest BCUT2D eigenvalue weighted by Gasteiger charge is 2.28. The maximum absolute atomic E-state index is 12.8. The van der Waals surface area contributed by atoms with E-state index in [4.69, 9.17) is 28.2 Å². The summed E-state index contributed by atoms with van der Waals surface area (Å²) in [6.07, 6.45) is 8.30. The Morgan fingerprint density at radius 2 is 1.91 bits per heavy atom. The van der Waals surface area contributed by atoms with Crippen molar-refractivity contribution in [1.29, 1.82) is 0 Å². The number of nitrogens with zero attached hydrogens (tertiary/aromatic N) is 4. The van der Waals surface area contributed by atoms with E-state index in [0.717, 1.165) is 47.8 Å². The van der Waals surface area contributed by atoms with Gasteiger partial charge in [-0.05, 0) is 31.0 Å². The van der Waals surface area contributed by atoms with Gasteiger partial charge in [-0.15, -0.1) is 11.3 Å². The largest absolute Gasteiger partial charge is 0.359 e. The van der Waals surface area contributed by atoms with Crippen LogP contribution in [0.15, 0.2) is 29.8 Å². The lowest BCUT2D eigenvalue weighted by Crippen LogP contribution is -2.50. The normalized spacial score (nSPS) is 17.9. The minimum Gasteiger partial charge on any atom is -0.359 e. The number of thiazole rings is 1. The predicted molar refractivity (Wildman–Crippen MR) is 138 cm³/mol. The summed E-state index contributed by atoms with van der Waals surface area (Å²) in [4.78, 5) is 27.6. The molecule has 174 valence electrons. The molecule has 0 bridgehead atoms. The third-order valence-electron chi connectivity index (χ3n) is 6.33. The predicted octanol–water partition coefficient (Wildman–Crippen LogP) is 6.28. The van der Waals surface area contributed by atoms with E-state index in [9.17, 15) is 4.79 Å². The number of hydrogen-bond donors (Lipinski definition) is 1. The molecule has 6 nitrogen and oxygen atoms in total. The van der Waals surface area contributed by atoms with Gasteiger partial charge in [0.2, 0.25) is 0 Å². The molecule has 1 saturated carbocycles. The summed E-state index contributed by atoms with van der Waals surface area (Å²) in [5, 5.41) is 7.32. The van der Waals surface area contributed by atoms with Crippen LogP contribution in [0.5, 0.6) is 0 Å². The summed E-state index contributed by atoms with van der Waals surface area (Å²) in [7, 11) is 0. The Morgan fingerprint density at radius 3 is 2.61 bits per heavy atom. The van der Waals surface area contributed by atoms with Gasteiger partial charge in [-0.3, -0.25) is 15.0 Å². The molecule has 1 aliphatic heterocycles. The SMILES string of the molecule is O=C(Nc1nc(-c2cc(Cl)cs2)c(N2CCN(C3CCCCC3)CC2)s1)c1cccnc1Cl. The fraction of sp³-hybridized carbons (Fsp3) is 0.435. The first-order valence-corrected chi connectivity index (χ1v) is 13.7. The minimum absolute atomic E-state index is 0.177. The second-order valence-corrected chi connectivity index (χ2v) is 11.1. The number of hydrogen-bond acceptors (Lipinski definition) is 7. The molecular weight excluding hydrogens is 497 g/mol. The zero-order valence-electron chi connectivity index (χ0n) is 18.1. The van der Waals surface area contributed by atoms with Crippen LogP contribution >= 0.6 is 45.9 Å². The van der Waals surface area contributed by atoms with Crippen molar-refractivity contribution in [1.82, 2.24) is 14.9 Å². The number of anilines is 2. The van der Waals surface area contributed by atoms with E-state index >= 15 is 0 Å². The number of carbonyl (C=O) groups excluding carboxylic acids is 1. The van der Waals surface area contributed by atoms with Crippen molar-refractivity contribution in [3.63, 3.8) is 0 Å². The number of halogens is 2. The summed E-state index contributed by atoms with van der Waals surface area (Å²) >= 11 is 15.4. The lowest BCUT2D eigenvalue weighted by molar-refractivity contribution is 0.102. The molecule has 2 aliphatic rings. The van der Waals surface area contributed by atoms with Gasteiger partial charge in [0.1, 0.15) is 15.8 Å². The molecular formula is C23H25Cl2N5OS2. The van der Waals surface area contributed by atoms with Crippen molar-refractivity contribution in [2.75, 3.05) is 36.4 Å². The highest BCUT2D eigenvalue weighted by Crippen LogP contribution is 2.42. The van der Waals surface area contributed by atoms with Gasteiger partial charge < -0.3 is 4.90 Å². The van der Waals surface area contributed by atoms with Crippen molar-refractivity contribution in [3.05, 3.63) is 45.5 Å². The minimum atomic E-state index is -0.314. The maximum Gasteiger partial charge on any atom is 0.260 e. The molecule has 0 radical (unpaired) electrons. The average Bonchev–Trinajstić information content (AvgIpc) is 3.46. The molecule has 0 aromatic carbocycles. The Hall–Kier alpha value is -1.71. The Labute approximate surface area is 211 Å². The lowest BCUT2D eigenvalue weighted by atomic mass is 9.94. The van der Waals surface area contributed by atoms with E-state index in [1.807, 2.05) is 11.4 Å². The Bertz CT molecular complexity index is 1120. The number of piperazine rings is 1. The van der Waals surface area contributed by atoms with Gasteiger partial charge in [-0.2, -0.15) is 0 Å². The van der Waals surface area contributed by atoms with Crippen molar-refractivity contribution < 1.29 is 4.79 Å². The number of aromatic nitrogens is 2. The molecule has 3 aromatic heterocycles. The fourth-order valence-corrected chi connectivity index (χ4v) is 7.00. The summed E-state index contributed by atoms with van der Waals surface area (Å²) in [6, 6.07) is 6.02. The second kappa shape index (κ2) is 10.3. The van der Waals surface area contributed by atoms with Gasteiger partial charge >= 0.3 is 0 Å². The number of rotatable bonds is 5. The van der Waals surface area contributed by atoms with Gasteiger partial charge in [-0.1, -0.05) is 53.8 Å². The molecule has 0 atom stereocenters. The smallest absolute Gasteiger partial charge is 0.260 e. The van der Waals surface area contributed by atoms with E-state index in [0.29, 0.717) is 15.7 Å². The van der Waals surface area contributed by atoms with E-state index in [1.165, 1.54) is 43.4 Å². The van der Waals surface area contributed by atoms with Crippen LogP contribution in [0.4, 0.5) is 10.1 Å². The summed E-state index contributed by atoms with van der Waals surface area (Å²) in [6.45, 7) is 4.01. The highest BCUT2D eigenvalue weighted by molar-refractivity contribution is 7.21. The Kier molecular flexibility index (Phi) is 7.18. The third kappa shape index (κ3) is 5.20. The zero-order chi connectivity index (χ0) is 22.8. The van der Waals surface area contributed by atoms with E-state index in [1.54, 1.807) is 29.7 Å². The van der Waals surface area contributed by atoms with Crippen molar-refractivity contribution >= 4 is 61.9 Å². The first-order valence-electron chi connectivity index (χ1n) is 11.2. The molecule has 0 spiro atoms. The number of amides is 1. The standard InChI is InChI=1S/C23H25Cl2N5OS2/c24-15-13-18(32-14-15)19-22(30-11-9-29(10-12-30)16-5-2-1-3-6-16)33-23(27-19)28-21(31)17-7-4-8-26-20(17)25/h4,7-8,13-14,16H,1-3,5-6,9-12H2,(H,27,28,31). The van der Waals surface area contributed by atoms with Gasteiger partial charge in [0, 0.05) is 43.8 Å². The quantitative estimate of drug-likeness (QED) is 0.400. The molecule has 1 amide bonds. The van der Waals surface area contributed by atoms with Gasteiger partial charge in [0.15, 0.2) is 5.13 Å². The monoisotopic (exact) mass is 521 g/mol. The van der Waals surface area contributed by atoms with Crippen LogP contribution in [-0.2, 0) is 0 Å². The van der Waals surface area contributed by atoms with Crippen LogP contribution in [0.2, 0.25) is 10.2 Å². The lowest BCUT2D eigenvalue weighted by Gasteiger charge is -2.41. The van der Waals surface area contributed by atoms with Crippen LogP contribution in [-0.4, -0.2) is 53.0 Å². The summed E-state index contributed by atoms with van der Waals surface area (Å²) in [5.74, 6) is -0.314. The first-order chi connectivity index (χ1) is 16.1. The van der Waals surface area contributed by atoms with E-state index in [2.05, 4.69) is 20.1 Å². The maximum atomic E-state index is 12.8. The van der Waals surface area contributed by atoms with Crippen molar-refractivity contribution in [2.24, 2.45) is 0 Å². The molecule has 3 aromatic rings. The number of nitrogens with one attached hydrogen (secondary N) is 1. The first kappa shape index (κ1) is 23.1. The molecule has 2 fully saturated rings. The summed E-state index contributed by atoms with van der Waals surface area (Å²) < 4.78 is 0. The van der Waals surface area contributed by atoms with Gasteiger partial charge in [0.25, 0.3) is 5.91 Å². The molecule has 10 heteroatoms. The van der Waals surface area contributed by atoms with Crippen LogP contribution in [0, 0.1) is 0 Å². The number of thiophene rings is 1. The van der Waals surface area contributed by atoms with Crippen LogP contribution in [0.25, 0.3) is 10.6 Å². The van der Waals surface area contributed by atoms with Crippen LogP contribution in [0.1, 0.15) is 42.5 Å². The Morgan fingerprint density at radius 1 is 1.12 bits per heavy atom. The molecule has 33 heavy (non-hydrogen) atoms. The molecule has 1 aliphatic carbocycles.